The number of nitrogens with one attached hydrogen (secondary N) is 2. The molecule has 1 amide bonds. The monoisotopic (exact) mass is 357 g/mol. The number of benzene rings is 1. The summed E-state index contributed by atoms with van der Waals surface area (Å²) < 4.78 is 31.4. The molecule has 1 aromatic rings. The van der Waals surface area contributed by atoms with Gasteiger partial charge in [-0.1, -0.05) is 13.8 Å². The maximum absolute atomic E-state index is 12.4. The van der Waals surface area contributed by atoms with Gasteiger partial charge in [-0.25, -0.2) is 13.1 Å². The van der Waals surface area contributed by atoms with Crippen LogP contribution in [0.25, 0.3) is 0 Å². The van der Waals surface area contributed by atoms with Gasteiger partial charge < -0.3 is 15.8 Å². The number of methoxy groups -OCH3 is 1. The van der Waals surface area contributed by atoms with Crippen molar-refractivity contribution in [1.29, 1.82) is 0 Å². The van der Waals surface area contributed by atoms with Crippen molar-refractivity contribution in [2.24, 2.45) is 5.73 Å². The van der Waals surface area contributed by atoms with Crippen molar-refractivity contribution < 1.29 is 17.9 Å². The Labute approximate surface area is 144 Å². The number of hydrogen-bond acceptors (Lipinski definition) is 5. The fourth-order valence-corrected chi connectivity index (χ4v) is 3.24. The maximum atomic E-state index is 12.4. The Kier molecular flexibility index (Phi) is 7.82. The molecule has 0 fully saturated rings. The highest BCUT2D eigenvalue weighted by Gasteiger charge is 2.26. The highest BCUT2D eigenvalue weighted by molar-refractivity contribution is 7.89. The summed E-state index contributed by atoms with van der Waals surface area (Å²) in [5, 5.41) is 2.95. The minimum Gasteiger partial charge on any atom is -0.383 e. The fraction of sp³-hybridized carbons (Fsp3) is 0.562. The number of hydrogen-bond donors (Lipinski definition) is 3. The summed E-state index contributed by atoms with van der Waals surface area (Å²) in [6, 6.07) is 5.80. The van der Waals surface area contributed by atoms with Gasteiger partial charge in [0, 0.05) is 25.8 Å². The van der Waals surface area contributed by atoms with E-state index in [4.69, 9.17) is 10.5 Å². The zero-order valence-electron chi connectivity index (χ0n) is 14.5. The lowest BCUT2D eigenvalue weighted by Crippen LogP contribution is -2.52. The van der Waals surface area contributed by atoms with Crippen molar-refractivity contribution in [1.82, 2.24) is 10.0 Å². The summed E-state index contributed by atoms with van der Waals surface area (Å²) in [5.74, 6) is -0.263. The smallest absolute Gasteiger partial charge is 0.251 e. The van der Waals surface area contributed by atoms with Gasteiger partial charge in [0.05, 0.1) is 17.0 Å². The van der Waals surface area contributed by atoms with Gasteiger partial charge in [-0.2, -0.15) is 0 Å². The Morgan fingerprint density at radius 3 is 2.25 bits per heavy atom. The predicted octanol–water partition coefficient (Wildman–Crippen LogP) is 0.859. The van der Waals surface area contributed by atoms with E-state index in [2.05, 4.69) is 10.0 Å². The summed E-state index contributed by atoms with van der Waals surface area (Å²) in [5.41, 5.74) is 5.73. The zero-order chi connectivity index (χ0) is 18.2. The summed E-state index contributed by atoms with van der Waals surface area (Å²) in [6.45, 7) is 4.76. The Morgan fingerprint density at radius 2 is 1.79 bits per heavy atom. The molecule has 0 saturated heterocycles. The highest BCUT2D eigenvalue weighted by atomic mass is 32.2. The van der Waals surface area contributed by atoms with Crippen LogP contribution in [0.5, 0.6) is 0 Å². The Hall–Kier alpha value is -1.48. The van der Waals surface area contributed by atoms with Crippen LogP contribution in [0.1, 0.15) is 37.0 Å². The van der Waals surface area contributed by atoms with Crippen LogP contribution in [-0.2, 0) is 14.8 Å². The van der Waals surface area contributed by atoms with E-state index in [9.17, 15) is 13.2 Å². The molecular formula is C16H27N3O4S. The average molecular weight is 357 g/mol. The van der Waals surface area contributed by atoms with E-state index in [0.29, 0.717) is 12.1 Å². The number of rotatable bonds is 10. The number of carbonyl (C=O) groups excluding carboxylic acids is 1. The summed E-state index contributed by atoms with van der Waals surface area (Å²) in [7, 11) is -2.11. The number of amides is 1. The second kappa shape index (κ2) is 9.12. The van der Waals surface area contributed by atoms with Crippen LogP contribution in [0.4, 0.5) is 0 Å². The van der Waals surface area contributed by atoms with E-state index in [1.807, 2.05) is 13.8 Å². The van der Waals surface area contributed by atoms with Gasteiger partial charge in [0.1, 0.15) is 0 Å². The SMILES string of the molecule is CCC(CC)(CN)NC(=O)c1ccc(S(=O)(=O)NCCOC)cc1. The van der Waals surface area contributed by atoms with Gasteiger partial charge >= 0.3 is 0 Å². The lowest BCUT2D eigenvalue weighted by atomic mass is 9.92. The van der Waals surface area contributed by atoms with E-state index >= 15 is 0 Å². The molecule has 136 valence electrons. The Morgan fingerprint density at radius 1 is 1.21 bits per heavy atom. The molecule has 0 saturated carbocycles. The van der Waals surface area contributed by atoms with Crippen LogP contribution in [0.15, 0.2) is 29.2 Å². The van der Waals surface area contributed by atoms with Crippen molar-refractivity contribution in [3.63, 3.8) is 0 Å². The molecule has 8 heteroatoms. The van der Waals surface area contributed by atoms with E-state index in [1.165, 1.54) is 31.4 Å². The molecule has 0 spiro atoms. The number of ether oxygens (including phenoxy) is 1. The van der Waals surface area contributed by atoms with Crippen molar-refractivity contribution in [3.8, 4) is 0 Å². The van der Waals surface area contributed by atoms with Crippen LogP contribution in [0.3, 0.4) is 0 Å². The normalized spacial score (nSPS) is 12.2. The second-order valence-electron chi connectivity index (χ2n) is 5.56. The zero-order valence-corrected chi connectivity index (χ0v) is 15.3. The Bertz CT molecular complexity index is 617. The maximum Gasteiger partial charge on any atom is 0.251 e. The van der Waals surface area contributed by atoms with Gasteiger partial charge in [-0.05, 0) is 37.1 Å². The molecule has 0 atom stereocenters. The summed E-state index contributed by atoms with van der Waals surface area (Å²) >= 11 is 0. The summed E-state index contributed by atoms with van der Waals surface area (Å²) in [4.78, 5) is 12.5. The third-order valence-electron chi connectivity index (χ3n) is 4.15. The molecule has 7 nitrogen and oxygen atoms in total. The first-order valence-electron chi connectivity index (χ1n) is 7.95. The van der Waals surface area contributed by atoms with E-state index < -0.39 is 15.6 Å². The minimum absolute atomic E-state index is 0.103. The first kappa shape index (κ1) is 20.6. The van der Waals surface area contributed by atoms with E-state index in [0.717, 1.165) is 12.8 Å². The van der Waals surface area contributed by atoms with Gasteiger partial charge in [-0.3, -0.25) is 4.79 Å². The van der Waals surface area contributed by atoms with Gasteiger partial charge in [0.2, 0.25) is 10.0 Å². The first-order chi connectivity index (χ1) is 11.3. The van der Waals surface area contributed by atoms with Crippen molar-refractivity contribution in [2.45, 2.75) is 37.1 Å². The third kappa shape index (κ3) is 5.27. The number of carbonyl (C=O) groups is 1. The van der Waals surface area contributed by atoms with Crippen molar-refractivity contribution in [2.75, 3.05) is 26.8 Å². The lowest BCUT2D eigenvalue weighted by molar-refractivity contribution is 0.0895. The molecule has 4 N–H and O–H groups in total. The van der Waals surface area contributed by atoms with Crippen LogP contribution in [-0.4, -0.2) is 46.7 Å². The molecule has 0 bridgehead atoms. The molecule has 0 unspecified atom stereocenters. The van der Waals surface area contributed by atoms with Crippen molar-refractivity contribution >= 4 is 15.9 Å². The van der Waals surface area contributed by atoms with Gasteiger partial charge in [0.15, 0.2) is 0 Å². The molecule has 1 aromatic carbocycles. The van der Waals surface area contributed by atoms with Crippen LogP contribution < -0.4 is 15.8 Å². The van der Waals surface area contributed by atoms with E-state index in [-0.39, 0.29) is 24.0 Å². The third-order valence-corrected chi connectivity index (χ3v) is 5.62. The summed E-state index contributed by atoms with van der Waals surface area (Å²) in [6.07, 6.45) is 1.45. The highest BCUT2D eigenvalue weighted by Crippen LogP contribution is 2.16. The molecule has 0 aromatic heterocycles. The van der Waals surface area contributed by atoms with Gasteiger partial charge in [-0.15, -0.1) is 0 Å². The predicted molar refractivity (Wildman–Crippen MR) is 93.3 cm³/mol. The Balaban J connectivity index is 2.85. The number of nitrogens with two attached hydrogens (primary N) is 1. The lowest BCUT2D eigenvalue weighted by Gasteiger charge is -2.31. The van der Waals surface area contributed by atoms with Crippen molar-refractivity contribution in [3.05, 3.63) is 29.8 Å². The first-order valence-corrected chi connectivity index (χ1v) is 9.43. The minimum atomic E-state index is -3.61. The fourth-order valence-electron chi connectivity index (χ4n) is 2.23. The quantitative estimate of drug-likeness (QED) is 0.538. The van der Waals surface area contributed by atoms with Crippen LogP contribution >= 0.6 is 0 Å². The topological polar surface area (TPSA) is 111 Å². The number of sulfonamides is 1. The van der Waals surface area contributed by atoms with Crippen LogP contribution in [0.2, 0.25) is 0 Å². The standard InChI is InChI=1S/C16H27N3O4S/c1-4-16(5-2,12-17)19-15(20)13-6-8-14(9-7-13)24(21,22)18-10-11-23-3/h6-9,18H,4-5,10-12,17H2,1-3H3,(H,19,20). The van der Waals surface area contributed by atoms with E-state index in [1.54, 1.807) is 0 Å². The van der Waals surface area contributed by atoms with Gasteiger partial charge in [0.25, 0.3) is 5.91 Å². The molecule has 0 radical (unpaired) electrons. The molecule has 0 aliphatic heterocycles. The molecule has 0 heterocycles. The molecular weight excluding hydrogens is 330 g/mol. The molecule has 24 heavy (non-hydrogen) atoms. The van der Waals surface area contributed by atoms with Crippen LogP contribution in [0, 0.1) is 0 Å². The molecule has 0 aliphatic rings. The second-order valence-corrected chi connectivity index (χ2v) is 7.33. The molecule has 1 rings (SSSR count). The largest absolute Gasteiger partial charge is 0.383 e. The molecule has 0 aliphatic carbocycles. The average Bonchev–Trinajstić information content (AvgIpc) is 2.60.